The molecular weight excluding hydrogens is 306 g/mol. The number of aromatic nitrogens is 2. The van der Waals surface area contributed by atoms with Crippen LogP contribution in [0.5, 0.6) is 0 Å². The largest absolute Gasteiger partial charge is 0.353 e. The Bertz CT molecular complexity index is 591. The van der Waals surface area contributed by atoms with Crippen molar-refractivity contribution in [3.05, 3.63) is 17.6 Å². The number of piperazine rings is 1. The molecule has 130 valence electrons. The van der Waals surface area contributed by atoms with Crippen LogP contribution >= 0.6 is 0 Å². The molecule has 2 amide bonds. The number of anilines is 1. The Kier molecular flexibility index (Phi) is 5.27. The van der Waals surface area contributed by atoms with Gasteiger partial charge in [0.2, 0.25) is 6.41 Å². The number of amides is 2. The van der Waals surface area contributed by atoms with E-state index in [-0.39, 0.29) is 5.91 Å². The molecule has 0 radical (unpaired) electrons. The van der Waals surface area contributed by atoms with Gasteiger partial charge in [0, 0.05) is 45.3 Å². The maximum atomic E-state index is 12.8. The number of hydrogen-bond donors (Lipinski definition) is 0. The van der Waals surface area contributed by atoms with Crippen LogP contribution in [-0.2, 0) is 4.79 Å². The van der Waals surface area contributed by atoms with Crippen LogP contribution in [0.4, 0.5) is 5.82 Å². The van der Waals surface area contributed by atoms with E-state index in [2.05, 4.69) is 14.9 Å². The predicted molar refractivity (Wildman–Crippen MR) is 91.0 cm³/mol. The summed E-state index contributed by atoms with van der Waals surface area (Å²) in [6.07, 6.45) is 5.40. The summed E-state index contributed by atoms with van der Waals surface area (Å²) in [5.41, 5.74) is 0.484. The van der Waals surface area contributed by atoms with Crippen LogP contribution in [0.3, 0.4) is 0 Å². The SMILES string of the molecule is Cc1nc(C(=O)N2CCCCCC2)cc(N2CCN(C=O)CC2)n1. The molecule has 3 rings (SSSR count). The first kappa shape index (κ1) is 16.7. The molecule has 0 spiro atoms. The number of aryl methyl sites for hydroxylation is 1. The van der Waals surface area contributed by atoms with Crippen LogP contribution in [0.1, 0.15) is 42.0 Å². The lowest BCUT2D eigenvalue weighted by Crippen LogP contribution is -2.46. The second-order valence-electron chi connectivity index (χ2n) is 6.49. The molecule has 1 aromatic rings. The van der Waals surface area contributed by atoms with Crippen molar-refractivity contribution in [1.29, 1.82) is 0 Å². The van der Waals surface area contributed by atoms with Gasteiger partial charge in [-0.25, -0.2) is 9.97 Å². The predicted octanol–water partition coefficient (Wildman–Crippen LogP) is 1.08. The molecule has 0 unspecified atom stereocenters. The van der Waals surface area contributed by atoms with Crippen LogP contribution in [-0.4, -0.2) is 71.4 Å². The van der Waals surface area contributed by atoms with Crippen LogP contribution < -0.4 is 4.90 Å². The first-order valence-corrected chi connectivity index (χ1v) is 8.76. The Morgan fingerprint density at radius 1 is 1.00 bits per heavy atom. The maximum Gasteiger partial charge on any atom is 0.272 e. The summed E-state index contributed by atoms with van der Waals surface area (Å²) in [6.45, 7) is 6.28. The van der Waals surface area contributed by atoms with Gasteiger partial charge in [-0.3, -0.25) is 9.59 Å². The monoisotopic (exact) mass is 331 g/mol. The van der Waals surface area contributed by atoms with Crippen molar-refractivity contribution in [3.8, 4) is 0 Å². The summed E-state index contributed by atoms with van der Waals surface area (Å²) in [5.74, 6) is 1.41. The molecule has 2 saturated heterocycles. The highest BCUT2D eigenvalue weighted by Crippen LogP contribution is 2.18. The van der Waals surface area contributed by atoms with Gasteiger partial charge in [0.25, 0.3) is 5.91 Å². The Morgan fingerprint density at radius 3 is 2.29 bits per heavy atom. The fourth-order valence-corrected chi connectivity index (χ4v) is 3.32. The van der Waals surface area contributed by atoms with E-state index in [1.54, 1.807) is 11.0 Å². The van der Waals surface area contributed by atoms with E-state index in [0.717, 1.165) is 51.2 Å². The molecule has 2 aliphatic rings. The Balaban J connectivity index is 1.76. The molecule has 0 aliphatic carbocycles. The molecular formula is C17H25N5O2. The first-order chi connectivity index (χ1) is 11.7. The highest BCUT2D eigenvalue weighted by atomic mass is 16.2. The standard InChI is InChI=1S/C17H25N5O2/c1-14-18-15(17(24)22-6-4-2-3-5-7-22)12-16(19-14)21-10-8-20(13-23)9-11-21/h12-13H,2-11H2,1H3. The third kappa shape index (κ3) is 3.83. The van der Waals surface area contributed by atoms with E-state index in [0.29, 0.717) is 24.6 Å². The van der Waals surface area contributed by atoms with Gasteiger partial charge in [-0.1, -0.05) is 12.8 Å². The highest BCUT2D eigenvalue weighted by molar-refractivity contribution is 5.93. The molecule has 3 heterocycles. The normalized spacial score (nSPS) is 19.1. The van der Waals surface area contributed by atoms with Gasteiger partial charge in [0.05, 0.1) is 0 Å². The molecule has 1 aromatic heterocycles. The fraction of sp³-hybridized carbons (Fsp3) is 0.647. The molecule has 7 heteroatoms. The molecule has 0 bridgehead atoms. The van der Waals surface area contributed by atoms with Gasteiger partial charge < -0.3 is 14.7 Å². The van der Waals surface area contributed by atoms with Crippen LogP contribution in [0.15, 0.2) is 6.07 Å². The number of likely N-dealkylation sites (tertiary alicyclic amines) is 1. The minimum Gasteiger partial charge on any atom is -0.353 e. The molecule has 2 aliphatic heterocycles. The summed E-state index contributed by atoms with van der Waals surface area (Å²) < 4.78 is 0. The number of carbonyl (C=O) groups excluding carboxylic acids is 2. The van der Waals surface area contributed by atoms with Gasteiger partial charge in [-0.15, -0.1) is 0 Å². The van der Waals surface area contributed by atoms with Crippen LogP contribution in [0.2, 0.25) is 0 Å². The average molecular weight is 331 g/mol. The fourth-order valence-electron chi connectivity index (χ4n) is 3.32. The van der Waals surface area contributed by atoms with Crippen molar-refractivity contribution in [2.24, 2.45) is 0 Å². The third-order valence-electron chi connectivity index (χ3n) is 4.72. The van der Waals surface area contributed by atoms with E-state index < -0.39 is 0 Å². The topological polar surface area (TPSA) is 69.6 Å². The maximum absolute atomic E-state index is 12.8. The van der Waals surface area contributed by atoms with Crippen molar-refractivity contribution >= 4 is 18.1 Å². The molecule has 0 saturated carbocycles. The zero-order valence-corrected chi connectivity index (χ0v) is 14.3. The van der Waals surface area contributed by atoms with Gasteiger partial charge >= 0.3 is 0 Å². The van der Waals surface area contributed by atoms with E-state index >= 15 is 0 Å². The van der Waals surface area contributed by atoms with E-state index in [9.17, 15) is 9.59 Å². The second kappa shape index (κ2) is 7.59. The summed E-state index contributed by atoms with van der Waals surface area (Å²) in [5, 5.41) is 0. The summed E-state index contributed by atoms with van der Waals surface area (Å²) in [7, 11) is 0. The number of carbonyl (C=O) groups is 2. The van der Waals surface area contributed by atoms with Crippen molar-refractivity contribution in [2.45, 2.75) is 32.6 Å². The molecule has 2 fully saturated rings. The highest BCUT2D eigenvalue weighted by Gasteiger charge is 2.22. The third-order valence-corrected chi connectivity index (χ3v) is 4.72. The minimum absolute atomic E-state index is 0.00942. The van der Waals surface area contributed by atoms with Crippen LogP contribution in [0, 0.1) is 6.92 Å². The minimum atomic E-state index is 0.00942. The van der Waals surface area contributed by atoms with Gasteiger partial charge in [0.1, 0.15) is 17.3 Å². The number of nitrogens with zero attached hydrogens (tertiary/aromatic N) is 5. The Labute approximate surface area is 142 Å². The van der Waals surface area contributed by atoms with Crippen molar-refractivity contribution in [3.63, 3.8) is 0 Å². The van der Waals surface area contributed by atoms with Gasteiger partial charge in [-0.05, 0) is 19.8 Å². The summed E-state index contributed by atoms with van der Waals surface area (Å²) >= 11 is 0. The van der Waals surface area contributed by atoms with Crippen molar-refractivity contribution in [1.82, 2.24) is 19.8 Å². The lowest BCUT2D eigenvalue weighted by atomic mass is 10.2. The smallest absolute Gasteiger partial charge is 0.272 e. The summed E-state index contributed by atoms with van der Waals surface area (Å²) in [4.78, 5) is 38.3. The number of hydrogen-bond acceptors (Lipinski definition) is 5. The second-order valence-corrected chi connectivity index (χ2v) is 6.49. The molecule has 24 heavy (non-hydrogen) atoms. The molecule has 0 N–H and O–H groups in total. The van der Waals surface area contributed by atoms with Gasteiger partial charge in [-0.2, -0.15) is 0 Å². The van der Waals surface area contributed by atoms with E-state index in [1.165, 1.54) is 12.8 Å². The van der Waals surface area contributed by atoms with Crippen LogP contribution in [0.25, 0.3) is 0 Å². The average Bonchev–Trinajstić information content (AvgIpc) is 2.90. The van der Waals surface area contributed by atoms with Crippen molar-refractivity contribution < 1.29 is 9.59 Å². The molecule has 7 nitrogen and oxygen atoms in total. The lowest BCUT2D eigenvalue weighted by molar-refractivity contribution is -0.118. The van der Waals surface area contributed by atoms with E-state index in [1.807, 2.05) is 11.8 Å². The number of rotatable bonds is 3. The summed E-state index contributed by atoms with van der Waals surface area (Å²) in [6, 6.07) is 1.80. The Hall–Kier alpha value is -2.18. The first-order valence-electron chi connectivity index (χ1n) is 8.76. The van der Waals surface area contributed by atoms with E-state index in [4.69, 9.17) is 0 Å². The molecule has 0 atom stereocenters. The van der Waals surface area contributed by atoms with Crippen molar-refractivity contribution in [2.75, 3.05) is 44.2 Å². The quantitative estimate of drug-likeness (QED) is 0.775. The van der Waals surface area contributed by atoms with Gasteiger partial charge in [0.15, 0.2) is 0 Å². The zero-order chi connectivity index (χ0) is 16.9. The Morgan fingerprint density at radius 2 is 1.67 bits per heavy atom. The molecule has 0 aromatic carbocycles. The zero-order valence-electron chi connectivity index (χ0n) is 14.3. The lowest BCUT2D eigenvalue weighted by Gasteiger charge is -2.33.